The number of ether oxygens (including phenoxy) is 1. The lowest BCUT2D eigenvalue weighted by atomic mass is 10.0. The van der Waals surface area contributed by atoms with Gasteiger partial charge in [0.2, 0.25) is 0 Å². The van der Waals surface area contributed by atoms with Crippen LogP contribution in [-0.4, -0.2) is 24.4 Å². The second-order valence-electron chi connectivity index (χ2n) is 5.35. The second-order valence-corrected chi connectivity index (χ2v) is 5.35. The fourth-order valence-corrected chi connectivity index (χ4v) is 2.55. The topological polar surface area (TPSA) is 41.5 Å². The van der Waals surface area contributed by atoms with Crippen molar-refractivity contribution in [3.05, 3.63) is 29.8 Å². The summed E-state index contributed by atoms with van der Waals surface area (Å²) in [5.74, 6) is 1.68. The lowest BCUT2D eigenvalue weighted by molar-refractivity contribution is 0.250. The van der Waals surface area contributed by atoms with Crippen molar-refractivity contribution in [2.75, 3.05) is 13.2 Å². The maximum Gasteiger partial charge on any atom is 0.119 e. The Hall–Kier alpha value is -1.06. The summed E-state index contributed by atoms with van der Waals surface area (Å²) in [5.41, 5.74) is 1.24. The number of hydrogen-bond donors (Lipinski definition) is 2. The Balaban J connectivity index is 1.97. The molecule has 0 amide bonds. The van der Waals surface area contributed by atoms with Gasteiger partial charge in [0.05, 0.1) is 6.61 Å². The van der Waals surface area contributed by atoms with Crippen molar-refractivity contribution >= 4 is 0 Å². The Morgan fingerprint density at radius 3 is 2.84 bits per heavy atom. The molecule has 1 saturated carbocycles. The molecule has 1 aromatic rings. The van der Waals surface area contributed by atoms with Crippen LogP contribution in [0.3, 0.4) is 0 Å². The van der Waals surface area contributed by atoms with E-state index in [-0.39, 0.29) is 12.6 Å². The van der Waals surface area contributed by atoms with Crippen molar-refractivity contribution in [1.82, 2.24) is 5.32 Å². The van der Waals surface area contributed by atoms with Gasteiger partial charge < -0.3 is 15.2 Å². The van der Waals surface area contributed by atoms with Crippen molar-refractivity contribution in [3.8, 4) is 5.75 Å². The second kappa shape index (κ2) is 6.92. The van der Waals surface area contributed by atoms with Crippen LogP contribution in [0.4, 0.5) is 0 Å². The zero-order chi connectivity index (χ0) is 13.7. The molecular weight excluding hydrogens is 238 g/mol. The van der Waals surface area contributed by atoms with E-state index in [1.807, 2.05) is 19.1 Å². The standard InChI is InChI=1S/C16H25NO2/c1-3-19-15-6-4-5-14(11-15)12(2)17-16(9-10-18)13-7-8-13/h4-6,11-13,16-18H,3,7-10H2,1-2H3. The average molecular weight is 263 g/mol. The highest BCUT2D eigenvalue weighted by molar-refractivity contribution is 5.30. The zero-order valence-electron chi connectivity index (χ0n) is 11.9. The average Bonchev–Trinajstić information content (AvgIpc) is 3.23. The summed E-state index contributed by atoms with van der Waals surface area (Å²) < 4.78 is 5.54. The molecule has 0 radical (unpaired) electrons. The van der Waals surface area contributed by atoms with Gasteiger partial charge in [-0.25, -0.2) is 0 Å². The monoisotopic (exact) mass is 263 g/mol. The van der Waals surface area contributed by atoms with Gasteiger partial charge in [-0.05, 0) is 56.7 Å². The third-order valence-electron chi connectivity index (χ3n) is 3.76. The number of aliphatic hydroxyl groups excluding tert-OH is 1. The Bertz CT molecular complexity index is 390. The Kier molecular flexibility index (Phi) is 5.23. The molecule has 19 heavy (non-hydrogen) atoms. The molecule has 1 aliphatic carbocycles. The number of aliphatic hydroxyl groups is 1. The predicted octanol–water partition coefficient (Wildman–Crippen LogP) is 2.90. The Morgan fingerprint density at radius 2 is 2.21 bits per heavy atom. The van der Waals surface area contributed by atoms with E-state index < -0.39 is 0 Å². The quantitative estimate of drug-likeness (QED) is 0.758. The van der Waals surface area contributed by atoms with E-state index in [0.29, 0.717) is 12.6 Å². The van der Waals surface area contributed by atoms with E-state index in [2.05, 4.69) is 24.4 Å². The Morgan fingerprint density at radius 1 is 1.42 bits per heavy atom. The van der Waals surface area contributed by atoms with Crippen molar-refractivity contribution in [3.63, 3.8) is 0 Å². The third kappa shape index (κ3) is 4.22. The molecule has 106 valence electrons. The molecule has 2 N–H and O–H groups in total. The van der Waals surface area contributed by atoms with Gasteiger partial charge in [0.25, 0.3) is 0 Å². The number of benzene rings is 1. The molecule has 0 saturated heterocycles. The molecule has 0 heterocycles. The molecule has 2 rings (SSSR count). The molecule has 3 nitrogen and oxygen atoms in total. The minimum absolute atomic E-state index is 0.264. The van der Waals surface area contributed by atoms with Crippen LogP contribution in [0, 0.1) is 5.92 Å². The summed E-state index contributed by atoms with van der Waals surface area (Å²) >= 11 is 0. The van der Waals surface area contributed by atoms with Crippen LogP contribution >= 0.6 is 0 Å². The number of nitrogens with one attached hydrogen (secondary N) is 1. The van der Waals surface area contributed by atoms with Gasteiger partial charge in [-0.3, -0.25) is 0 Å². The van der Waals surface area contributed by atoms with Gasteiger partial charge in [-0.2, -0.15) is 0 Å². The maximum absolute atomic E-state index is 9.15. The molecule has 1 aromatic carbocycles. The Labute approximate surface area is 116 Å². The zero-order valence-corrected chi connectivity index (χ0v) is 11.9. The molecular formula is C16H25NO2. The summed E-state index contributed by atoms with van der Waals surface area (Å²) in [6.07, 6.45) is 3.44. The number of rotatable bonds is 8. The molecule has 2 unspecified atom stereocenters. The maximum atomic E-state index is 9.15. The van der Waals surface area contributed by atoms with Gasteiger partial charge in [0.15, 0.2) is 0 Å². The van der Waals surface area contributed by atoms with Crippen LogP contribution in [0.2, 0.25) is 0 Å². The van der Waals surface area contributed by atoms with Crippen LogP contribution in [0.25, 0.3) is 0 Å². The minimum Gasteiger partial charge on any atom is -0.494 e. The van der Waals surface area contributed by atoms with E-state index in [9.17, 15) is 0 Å². The first-order valence-corrected chi connectivity index (χ1v) is 7.34. The van der Waals surface area contributed by atoms with E-state index in [0.717, 1.165) is 18.1 Å². The highest BCUT2D eigenvalue weighted by Gasteiger charge is 2.31. The normalized spacial score (nSPS) is 18.1. The molecule has 0 aliphatic heterocycles. The van der Waals surface area contributed by atoms with Crippen LogP contribution in [0.1, 0.15) is 44.7 Å². The van der Waals surface area contributed by atoms with Crippen molar-refractivity contribution in [1.29, 1.82) is 0 Å². The largest absolute Gasteiger partial charge is 0.494 e. The van der Waals surface area contributed by atoms with Gasteiger partial charge in [0, 0.05) is 18.7 Å². The first kappa shape index (κ1) is 14.4. The summed E-state index contributed by atoms with van der Waals surface area (Å²) in [5, 5.41) is 12.8. The lowest BCUT2D eigenvalue weighted by Gasteiger charge is -2.23. The fourth-order valence-electron chi connectivity index (χ4n) is 2.55. The van der Waals surface area contributed by atoms with Crippen LogP contribution in [-0.2, 0) is 0 Å². The van der Waals surface area contributed by atoms with Crippen LogP contribution in [0.15, 0.2) is 24.3 Å². The lowest BCUT2D eigenvalue weighted by Crippen LogP contribution is -2.34. The minimum atomic E-state index is 0.264. The predicted molar refractivity (Wildman–Crippen MR) is 77.4 cm³/mol. The molecule has 0 spiro atoms. The van der Waals surface area contributed by atoms with Gasteiger partial charge in [-0.15, -0.1) is 0 Å². The van der Waals surface area contributed by atoms with Crippen molar-refractivity contribution in [2.24, 2.45) is 5.92 Å². The molecule has 3 heteroatoms. The molecule has 1 aliphatic rings. The summed E-state index contributed by atoms with van der Waals surface area (Å²) in [6, 6.07) is 8.99. The van der Waals surface area contributed by atoms with E-state index >= 15 is 0 Å². The summed E-state index contributed by atoms with van der Waals surface area (Å²) in [6.45, 7) is 5.14. The first-order valence-electron chi connectivity index (χ1n) is 7.34. The summed E-state index contributed by atoms with van der Waals surface area (Å²) in [4.78, 5) is 0. The van der Waals surface area contributed by atoms with Crippen molar-refractivity contribution < 1.29 is 9.84 Å². The molecule has 1 fully saturated rings. The van der Waals surface area contributed by atoms with E-state index in [1.165, 1.54) is 18.4 Å². The molecule has 0 bridgehead atoms. The first-order chi connectivity index (χ1) is 9.24. The van der Waals surface area contributed by atoms with E-state index in [1.54, 1.807) is 0 Å². The smallest absolute Gasteiger partial charge is 0.119 e. The van der Waals surface area contributed by atoms with Gasteiger partial charge >= 0.3 is 0 Å². The summed E-state index contributed by atoms with van der Waals surface area (Å²) in [7, 11) is 0. The highest BCUT2D eigenvalue weighted by Crippen LogP contribution is 2.35. The SMILES string of the molecule is CCOc1cccc(C(C)NC(CCO)C2CC2)c1. The van der Waals surface area contributed by atoms with Crippen LogP contribution in [0.5, 0.6) is 5.75 Å². The van der Waals surface area contributed by atoms with Crippen molar-refractivity contribution in [2.45, 2.75) is 45.2 Å². The number of hydrogen-bond acceptors (Lipinski definition) is 3. The molecule has 2 atom stereocenters. The highest BCUT2D eigenvalue weighted by atomic mass is 16.5. The van der Waals surface area contributed by atoms with Gasteiger partial charge in [0.1, 0.15) is 5.75 Å². The van der Waals surface area contributed by atoms with Crippen LogP contribution < -0.4 is 10.1 Å². The third-order valence-corrected chi connectivity index (χ3v) is 3.76. The van der Waals surface area contributed by atoms with Gasteiger partial charge in [-0.1, -0.05) is 12.1 Å². The molecule has 0 aromatic heterocycles. The van der Waals surface area contributed by atoms with E-state index in [4.69, 9.17) is 9.84 Å². The fraction of sp³-hybridized carbons (Fsp3) is 0.625.